The van der Waals surface area contributed by atoms with E-state index in [4.69, 9.17) is 5.73 Å². The maximum atomic E-state index is 12.0. The standard InChI is InChI=1S/C14H23N3O2/c15-14(19)17-10-4-7-12(17)13(18)16-9-8-11-5-2-1-3-6-11/h5,12H,1-4,6-10H2,(H2,15,19)(H,16,18)/t12-/m0/s1. The second kappa shape index (κ2) is 6.59. The molecule has 0 aromatic carbocycles. The van der Waals surface area contributed by atoms with E-state index in [9.17, 15) is 9.59 Å². The van der Waals surface area contributed by atoms with Crippen LogP contribution >= 0.6 is 0 Å². The van der Waals surface area contributed by atoms with E-state index in [2.05, 4.69) is 11.4 Å². The highest BCUT2D eigenvalue weighted by Crippen LogP contribution is 2.20. The van der Waals surface area contributed by atoms with Crippen LogP contribution in [0, 0.1) is 0 Å². The summed E-state index contributed by atoms with van der Waals surface area (Å²) < 4.78 is 0. The van der Waals surface area contributed by atoms with Crippen LogP contribution in [0.3, 0.4) is 0 Å². The summed E-state index contributed by atoms with van der Waals surface area (Å²) in [6, 6.07) is -0.856. The van der Waals surface area contributed by atoms with Crippen molar-refractivity contribution in [2.24, 2.45) is 5.73 Å². The normalized spacial score (nSPS) is 23.1. The van der Waals surface area contributed by atoms with Crippen LogP contribution in [-0.2, 0) is 4.79 Å². The fourth-order valence-corrected chi connectivity index (χ4v) is 2.90. The Balaban J connectivity index is 1.74. The van der Waals surface area contributed by atoms with Crippen LogP contribution in [0.4, 0.5) is 4.79 Å². The molecule has 1 atom stereocenters. The summed E-state index contributed by atoms with van der Waals surface area (Å²) in [5.41, 5.74) is 6.72. The van der Waals surface area contributed by atoms with Crippen molar-refractivity contribution in [1.82, 2.24) is 10.2 Å². The van der Waals surface area contributed by atoms with Gasteiger partial charge in [0.2, 0.25) is 5.91 Å². The lowest BCUT2D eigenvalue weighted by atomic mass is 9.97. The summed E-state index contributed by atoms with van der Waals surface area (Å²) in [7, 11) is 0. The van der Waals surface area contributed by atoms with Crippen LogP contribution in [0.2, 0.25) is 0 Å². The summed E-state index contributed by atoms with van der Waals surface area (Å²) >= 11 is 0. The summed E-state index contributed by atoms with van der Waals surface area (Å²) in [6.45, 7) is 1.26. The minimum absolute atomic E-state index is 0.0623. The van der Waals surface area contributed by atoms with Gasteiger partial charge in [0.25, 0.3) is 0 Å². The molecule has 106 valence electrons. The molecule has 3 amide bonds. The lowest BCUT2D eigenvalue weighted by Gasteiger charge is -2.22. The van der Waals surface area contributed by atoms with Gasteiger partial charge in [-0.1, -0.05) is 11.6 Å². The summed E-state index contributed by atoms with van der Waals surface area (Å²) in [5.74, 6) is -0.0623. The average Bonchev–Trinajstić information content (AvgIpc) is 2.89. The highest BCUT2D eigenvalue weighted by atomic mass is 16.2. The van der Waals surface area contributed by atoms with Gasteiger partial charge in [-0.3, -0.25) is 4.79 Å². The number of primary amides is 1. The third kappa shape index (κ3) is 3.72. The molecule has 1 fully saturated rings. The molecule has 1 saturated heterocycles. The van der Waals surface area contributed by atoms with E-state index in [1.54, 1.807) is 0 Å². The molecule has 0 radical (unpaired) electrons. The van der Waals surface area contributed by atoms with Crippen molar-refractivity contribution in [3.63, 3.8) is 0 Å². The molecule has 3 N–H and O–H groups in total. The Morgan fingerprint density at radius 1 is 1.37 bits per heavy atom. The van der Waals surface area contributed by atoms with Crippen LogP contribution in [-0.4, -0.2) is 36.0 Å². The van der Waals surface area contributed by atoms with Gasteiger partial charge in [0.05, 0.1) is 0 Å². The van der Waals surface area contributed by atoms with Crippen molar-refractivity contribution >= 4 is 11.9 Å². The van der Waals surface area contributed by atoms with Crippen molar-refractivity contribution in [3.8, 4) is 0 Å². The lowest BCUT2D eigenvalue weighted by Crippen LogP contribution is -2.48. The topological polar surface area (TPSA) is 75.4 Å². The number of amides is 3. The van der Waals surface area contributed by atoms with Crippen molar-refractivity contribution in [1.29, 1.82) is 0 Å². The molecule has 0 saturated carbocycles. The largest absolute Gasteiger partial charge is 0.354 e. The number of nitrogens with one attached hydrogen (secondary N) is 1. The summed E-state index contributed by atoms with van der Waals surface area (Å²) in [5, 5.41) is 2.93. The molecule has 19 heavy (non-hydrogen) atoms. The van der Waals surface area contributed by atoms with Crippen LogP contribution < -0.4 is 11.1 Å². The number of rotatable bonds is 4. The van der Waals surface area contributed by atoms with Crippen LogP contribution in [0.25, 0.3) is 0 Å². The van der Waals surface area contributed by atoms with Crippen LogP contribution in [0.15, 0.2) is 11.6 Å². The van der Waals surface area contributed by atoms with Crippen molar-refractivity contribution in [2.45, 2.75) is 51.0 Å². The zero-order chi connectivity index (χ0) is 13.7. The third-order valence-corrected chi connectivity index (χ3v) is 3.97. The van der Waals surface area contributed by atoms with E-state index in [0.29, 0.717) is 13.1 Å². The van der Waals surface area contributed by atoms with E-state index in [-0.39, 0.29) is 11.9 Å². The first-order valence-electron chi connectivity index (χ1n) is 7.20. The van der Waals surface area contributed by atoms with Gasteiger partial charge in [0.1, 0.15) is 6.04 Å². The zero-order valence-electron chi connectivity index (χ0n) is 11.4. The maximum Gasteiger partial charge on any atom is 0.315 e. The Morgan fingerprint density at radius 3 is 2.89 bits per heavy atom. The SMILES string of the molecule is NC(=O)N1CCC[C@H]1C(=O)NCCC1=CCCCC1. The predicted octanol–water partition coefficient (Wildman–Crippen LogP) is 1.54. The Kier molecular flexibility index (Phi) is 4.82. The molecule has 2 rings (SSSR count). The molecule has 5 heteroatoms. The molecule has 1 aliphatic heterocycles. The van der Waals surface area contributed by atoms with Gasteiger partial charge in [-0.25, -0.2) is 4.79 Å². The Hall–Kier alpha value is -1.52. The number of hydrogen-bond acceptors (Lipinski definition) is 2. The first kappa shape index (κ1) is 13.9. The van der Waals surface area contributed by atoms with E-state index in [0.717, 1.165) is 25.7 Å². The van der Waals surface area contributed by atoms with Crippen LogP contribution in [0.1, 0.15) is 44.9 Å². The van der Waals surface area contributed by atoms with Gasteiger partial charge in [-0.15, -0.1) is 0 Å². The molecule has 0 aromatic heterocycles. The second-order valence-corrected chi connectivity index (χ2v) is 5.34. The smallest absolute Gasteiger partial charge is 0.315 e. The Morgan fingerprint density at radius 2 is 2.21 bits per heavy atom. The van der Waals surface area contributed by atoms with Crippen molar-refractivity contribution in [3.05, 3.63) is 11.6 Å². The third-order valence-electron chi connectivity index (χ3n) is 3.97. The predicted molar refractivity (Wildman–Crippen MR) is 73.5 cm³/mol. The van der Waals surface area contributed by atoms with Gasteiger partial charge < -0.3 is 16.0 Å². The number of carbonyl (C=O) groups is 2. The number of likely N-dealkylation sites (tertiary alicyclic amines) is 1. The van der Waals surface area contributed by atoms with E-state index < -0.39 is 6.03 Å². The van der Waals surface area contributed by atoms with Gasteiger partial charge in [0, 0.05) is 13.1 Å². The average molecular weight is 265 g/mol. The highest BCUT2D eigenvalue weighted by Gasteiger charge is 2.32. The molecule has 1 aliphatic carbocycles. The van der Waals surface area contributed by atoms with Crippen molar-refractivity contribution < 1.29 is 9.59 Å². The molecule has 0 aromatic rings. The second-order valence-electron chi connectivity index (χ2n) is 5.34. The number of nitrogens with zero attached hydrogens (tertiary/aromatic N) is 1. The number of nitrogens with two attached hydrogens (primary N) is 1. The molecular weight excluding hydrogens is 242 g/mol. The molecule has 1 heterocycles. The Labute approximate surface area is 114 Å². The number of hydrogen-bond donors (Lipinski definition) is 2. The van der Waals surface area contributed by atoms with E-state index >= 15 is 0 Å². The van der Waals surface area contributed by atoms with Gasteiger partial charge in [-0.05, 0) is 44.9 Å². The zero-order valence-corrected chi connectivity index (χ0v) is 11.4. The Bertz CT molecular complexity index is 379. The van der Waals surface area contributed by atoms with E-state index in [1.165, 1.54) is 29.7 Å². The molecule has 0 unspecified atom stereocenters. The minimum Gasteiger partial charge on any atom is -0.354 e. The highest BCUT2D eigenvalue weighted by molar-refractivity contribution is 5.87. The number of carbonyl (C=O) groups excluding carboxylic acids is 2. The summed E-state index contributed by atoms with van der Waals surface area (Å²) in [4.78, 5) is 24.7. The van der Waals surface area contributed by atoms with Gasteiger partial charge in [0.15, 0.2) is 0 Å². The lowest BCUT2D eigenvalue weighted by molar-refractivity contribution is -0.124. The van der Waals surface area contributed by atoms with Crippen molar-refractivity contribution in [2.75, 3.05) is 13.1 Å². The molecule has 5 nitrogen and oxygen atoms in total. The fourth-order valence-electron chi connectivity index (χ4n) is 2.90. The number of urea groups is 1. The van der Waals surface area contributed by atoms with E-state index in [1.807, 2.05) is 0 Å². The monoisotopic (exact) mass is 265 g/mol. The maximum absolute atomic E-state index is 12.0. The molecular formula is C14H23N3O2. The molecule has 2 aliphatic rings. The molecule has 0 bridgehead atoms. The molecule has 0 spiro atoms. The van der Waals surface area contributed by atoms with Gasteiger partial charge in [-0.2, -0.15) is 0 Å². The first-order chi connectivity index (χ1) is 9.18. The first-order valence-corrected chi connectivity index (χ1v) is 7.20. The fraction of sp³-hybridized carbons (Fsp3) is 0.714. The summed E-state index contributed by atoms with van der Waals surface area (Å²) in [6.07, 6.45) is 9.66. The van der Waals surface area contributed by atoms with Gasteiger partial charge >= 0.3 is 6.03 Å². The van der Waals surface area contributed by atoms with Crippen LogP contribution in [0.5, 0.6) is 0 Å². The minimum atomic E-state index is -0.493. The number of allylic oxidation sites excluding steroid dienone is 1. The quantitative estimate of drug-likeness (QED) is 0.756.